The maximum absolute atomic E-state index is 13.5. The maximum Gasteiger partial charge on any atom is 0.273 e. The molecule has 7 heteroatoms. The number of nitrogens with two attached hydrogens (primary N) is 1. The van der Waals surface area contributed by atoms with Gasteiger partial charge < -0.3 is 21.1 Å². The zero-order chi connectivity index (χ0) is 23.5. The zero-order valence-electron chi connectivity index (χ0n) is 18.9. The van der Waals surface area contributed by atoms with Crippen molar-refractivity contribution in [3.05, 3.63) is 89.1 Å². The van der Waals surface area contributed by atoms with Crippen molar-refractivity contribution >= 4 is 22.8 Å². The summed E-state index contributed by atoms with van der Waals surface area (Å²) in [6.07, 6.45) is 0.711. The number of rotatable bonds is 7. The molecule has 3 aromatic carbocycles. The van der Waals surface area contributed by atoms with Gasteiger partial charge in [0.25, 0.3) is 5.91 Å². The van der Waals surface area contributed by atoms with E-state index in [4.69, 9.17) is 10.8 Å². The van der Waals surface area contributed by atoms with E-state index in [1.165, 1.54) is 0 Å². The van der Waals surface area contributed by atoms with Gasteiger partial charge in [0, 0.05) is 31.6 Å². The lowest BCUT2D eigenvalue weighted by Gasteiger charge is -2.17. The van der Waals surface area contributed by atoms with Crippen molar-refractivity contribution in [1.29, 1.82) is 0 Å². The van der Waals surface area contributed by atoms with E-state index in [9.17, 15) is 4.79 Å². The van der Waals surface area contributed by atoms with Crippen LogP contribution in [0.5, 0.6) is 0 Å². The number of aromatic nitrogens is 2. The topological polar surface area (TPSA) is 104 Å². The van der Waals surface area contributed by atoms with Crippen LogP contribution in [0, 0.1) is 0 Å². The van der Waals surface area contributed by atoms with Crippen LogP contribution in [0.15, 0.2) is 66.7 Å². The number of aliphatic hydroxyl groups excluding tert-OH is 1. The predicted molar refractivity (Wildman–Crippen MR) is 133 cm³/mol. The number of hydrogen-bond donors (Lipinski definition) is 3. The molecule has 1 aliphatic heterocycles. The monoisotopic (exact) mass is 453 g/mol. The molecule has 4 aromatic rings. The van der Waals surface area contributed by atoms with Crippen LogP contribution in [0.4, 0.5) is 5.95 Å². The summed E-state index contributed by atoms with van der Waals surface area (Å²) in [6.45, 7) is 2.71. The van der Waals surface area contributed by atoms with Crippen LogP contribution in [0.2, 0.25) is 0 Å². The Hall–Kier alpha value is -3.81. The summed E-state index contributed by atoms with van der Waals surface area (Å²) < 4.78 is 0. The molecule has 1 aliphatic rings. The van der Waals surface area contributed by atoms with E-state index < -0.39 is 0 Å². The Morgan fingerprint density at radius 1 is 1.00 bits per heavy atom. The minimum atomic E-state index is -0.147. The van der Waals surface area contributed by atoms with Crippen molar-refractivity contribution in [2.45, 2.75) is 26.1 Å². The van der Waals surface area contributed by atoms with Gasteiger partial charge >= 0.3 is 0 Å². The predicted octanol–water partition coefficient (Wildman–Crippen LogP) is 3.51. The van der Waals surface area contributed by atoms with Gasteiger partial charge in [0.05, 0.1) is 5.52 Å². The lowest BCUT2D eigenvalue weighted by atomic mass is 9.97. The Morgan fingerprint density at radius 2 is 1.74 bits per heavy atom. The van der Waals surface area contributed by atoms with Crippen molar-refractivity contribution in [3.63, 3.8) is 0 Å². The summed E-state index contributed by atoms with van der Waals surface area (Å²) >= 11 is 0. The first-order valence-electron chi connectivity index (χ1n) is 11.5. The summed E-state index contributed by atoms with van der Waals surface area (Å²) in [6, 6.07) is 22.1. The van der Waals surface area contributed by atoms with Crippen LogP contribution >= 0.6 is 0 Å². The highest BCUT2D eigenvalue weighted by Gasteiger charge is 2.27. The molecule has 0 bridgehead atoms. The van der Waals surface area contributed by atoms with Gasteiger partial charge in [0.15, 0.2) is 0 Å². The van der Waals surface area contributed by atoms with Gasteiger partial charge in [0.2, 0.25) is 5.95 Å². The fourth-order valence-corrected chi connectivity index (χ4v) is 4.49. The second-order valence-electron chi connectivity index (χ2n) is 8.50. The molecule has 0 fully saturated rings. The highest BCUT2D eigenvalue weighted by molar-refractivity contribution is 6.05. The average molecular weight is 454 g/mol. The van der Waals surface area contributed by atoms with Gasteiger partial charge in [0.1, 0.15) is 5.69 Å². The fourth-order valence-electron chi connectivity index (χ4n) is 4.49. The molecule has 7 nitrogen and oxygen atoms in total. The van der Waals surface area contributed by atoms with Gasteiger partial charge in [-0.25, -0.2) is 9.97 Å². The van der Waals surface area contributed by atoms with E-state index in [0.29, 0.717) is 42.7 Å². The summed E-state index contributed by atoms with van der Waals surface area (Å²) in [4.78, 5) is 24.1. The number of aliphatic hydroxyl groups is 1. The van der Waals surface area contributed by atoms with Gasteiger partial charge in [-0.2, -0.15) is 0 Å². The number of nitrogens with one attached hydrogen (secondary N) is 1. The summed E-state index contributed by atoms with van der Waals surface area (Å²) in [5.41, 5.74) is 12.5. The van der Waals surface area contributed by atoms with Gasteiger partial charge in [-0.05, 0) is 52.9 Å². The maximum atomic E-state index is 13.5. The SMILES string of the molecule is Nc1nc(C(=O)N2Cc3ccccc3C2)c2cc(-c3ccccc3CNCCCO)ccc2n1. The largest absolute Gasteiger partial charge is 0.396 e. The molecule has 0 spiro atoms. The van der Waals surface area contributed by atoms with Crippen molar-refractivity contribution in [2.24, 2.45) is 0 Å². The number of nitrogen functional groups attached to an aromatic ring is 1. The number of anilines is 1. The number of amides is 1. The van der Waals surface area contributed by atoms with Crippen molar-refractivity contribution < 1.29 is 9.90 Å². The van der Waals surface area contributed by atoms with E-state index in [-0.39, 0.29) is 18.5 Å². The lowest BCUT2D eigenvalue weighted by Crippen LogP contribution is -2.27. The molecule has 0 saturated heterocycles. The molecule has 2 heterocycles. The second-order valence-corrected chi connectivity index (χ2v) is 8.50. The van der Waals surface area contributed by atoms with Crippen LogP contribution in [0.1, 0.15) is 33.6 Å². The first-order valence-corrected chi connectivity index (χ1v) is 11.5. The fraction of sp³-hybridized carbons (Fsp3) is 0.222. The number of nitrogens with zero attached hydrogens (tertiary/aromatic N) is 3. The second kappa shape index (κ2) is 9.59. The smallest absolute Gasteiger partial charge is 0.273 e. The van der Waals surface area contributed by atoms with Gasteiger partial charge in [-0.15, -0.1) is 0 Å². The summed E-state index contributed by atoms with van der Waals surface area (Å²) in [7, 11) is 0. The standard InChI is InChI=1S/C27H27N5O2/c28-27-30-24-11-10-18(22-9-4-3-6-19(22)15-29-12-5-13-33)14-23(24)25(31-27)26(34)32-16-20-7-1-2-8-21(20)17-32/h1-4,6-11,14,29,33H,5,12-13,15-17H2,(H2,28,30,31). The molecule has 4 N–H and O–H groups in total. The molecule has 172 valence electrons. The average Bonchev–Trinajstić information content (AvgIpc) is 3.30. The number of benzene rings is 3. The Labute approximate surface area is 198 Å². The van der Waals surface area contributed by atoms with Crippen molar-refractivity contribution in [1.82, 2.24) is 20.2 Å². The molecule has 0 atom stereocenters. The molecular weight excluding hydrogens is 426 g/mol. The molecule has 0 radical (unpaired) electrons. The van der Waals surface area contributed by atoms with Crippen LogP contribution < -0.4 is 11.1 Å². The van der Waals surface area contributed by atoms with Crippen molar-refractivity contribution in [3.8, 4) is 11.1 Å². The summed E-state index contributed by atoms with van der Waals surface area (Å²) in [5, 5.41) is 13.1. The highest BCUT2D eigenvalue weighted by atomic mass is 16.3. The van der Waals surface area contributed by atoms with E-state index in [1.807, 2.05) is 42.5 Å². The highest BCUT2D eigenvalue weighted by Crippen LogP contribution is 2.30. The lowest BCUT2D eigenvalue weighted by molar-refractivity contribution is 0.0747. The normalized spacial score (nSPS) is 12.8. The third-order valence-corrected chi connectivity index (χ3v) is 6.20. The molecule has 34 heavy (non-hydrogen) atoms. The Morgan fingerprint density at radius 3 is 2.50 bits per heavy atom. The first kappa shape index (κ1) is 22.0. The van der Waals surface area contributed by atoms with E-state index >= 15 is 0 Å². The third kappa shape index (κ3) is 4.35. The van der Waals surface area contributed by atoms with E-state index in [2.05, 4.69) is 39.6 Å². The Bertz CT molecular complexity index is 1330. The first-order chi connectivity index (χ1) is 16.6. The Balaban J connectivity index is 1.50. The minimum absolute atomic E-state index is 0.0915. The Kier molecular flexibility index (Phi) is 6.20. The van der Waals surface area contributed by atoms with Crippen LogP contribution in [0.25, 0.3) is 22.0 Å². The number of carbonyl (C=O) groups excluding carboxylic acids is 1. The number of carbonyl (C=O) groups is 1. The van der Waals surface area contributed by atoms with Gasteiger partial charge in [-0.1, -0.05) is 54.6 Å². The number of hydrogen-bond acceptors (Lipinski definition) is 6. The zero-order valence-corrected chi connectivity index (χ0v) is 18.9. The molecule has 1 aromatic heterocycles. The molecular formula is C27H27N5O2. The van der Waals surface area contributed by atoms with Crippen LogP contribution in [-0.4, -0.2) is 39.0 Å². The van der Waals surface area contributed by atoms with Crippen LogP contribution in [0.3, 0.4) is 0 Å². The van der Waals surface area contributed by atoms with E-state index in [0.717, 1.165) is 34.4 Å². The summed E-state index contributed by atoms with van der Waals surface area (Å²) in [5.74, 6) is -0.0554. The third-order valence-electron chi connectivity index (χ3n) is 6.20. The molecule has 5 rings (SSSR count). The number of fused-ring (bicyclic) bond motifs is 2. The quantitative estimate of drug-likeness (QED) is 0.370. The van der Waals surface area contributed by atoms with Crippen molar-refractivity contribution in [2.75, 3.05) is 18.9 Å². The van der Waals surface area contributed by atoms with Crippen LogP contribution in [-0.2, 0) is 19.6 Å². The molecule has 0 saturated carbocycles. The molecule has 0 aliphatic carbocycles. The molecule has 1 amide bonds. The minimum Gasteiger partial charge on any atom is -0.396 e. The molecule has 0 unspecified atom stereocenters. The van der Waals surface area contributed by atoms with Gasteiger partial charge in [-0.3, -0.25) is 4.79 Å². The van der Waals surface area contributed by atoms with E-state index in [1.54, 1.807) is 4.90 Å².